The van der Waals surface area contributed by atoms with Crippen LogP contribution < -0.4 is 15.0 Å². The predicted molar refractivity (Wildman–Crippen MR) is 131 cm³/mol. The van der Waals surface area contributed by atoms with Gasteiger partial charge in [0.25, 0.3) is 0 Å². The number of ether oxygens (including phenoxy) is 1. The number of benzene rings is 2. The van der Waals surface area contributed by atoms with Gasteiger partial charge in [0, 0.05) is 24.8 Å². The molecule has 34 heavy (non-hydrogen) atoms. The molecule has 8 nitrogen and oxygen atoms in total. The molecule has 0 saturated carbocycles. The first-order chi connectivity index (χ1) is 16.0. The summed E-state index contributed by atoms with van der Waals surface area (Å²) in [4.78, 5) is 28.4. The second-order valence-corrected chi connectivity index (χ2v) is 11.2. The third kappa shape index (κ3) is 5.26. The summed E-state index contributed by atoms with van der Waals surface area (Å²) in [6.45, 7) is 7.45. The van der Waals surface area contributed by atoms with Crippen molar-refractivity contribution in [3.05, 3.63) is 54.1 Å². The number of anilines is 1. The number of nitrogens with zero attached hydrogens (tertiary/aromatic N) is 2. The first-order valence-corrected chi connectivity index (χ1v) is 12.8. The fourth-order valence-corrected chi connectivity index (χ4v) is 5.49. The zero-order valence-corrected chi connectivity index (χ0v) is 21.2. The Bertz CT molecular complexity index is 1150. The van der Waals surface area contributed by atoms with Crippen LogP contribution in [0.1, 0.15) is 32.8 Å². The van der Waals surface area contributed by atoms with Crippen LogP contribution in [-0.2, 0) is 19.6 Å². The summed E-state index contributed by atoms with van der Waals surface area (Å²) in [5, 5.41) is 2.91. The standard InChI is InChI=1S/C25H33N3O5S/c1-18(2)13-14-26-24(30)25(4)17-27(34(31,32)22-11-9-19(3)10-12-22)16-23(29)28(25)20-7-6-8-21(15-20)33-5/h6-12,15,18H,13-14,16-17H2,1-5H3,(H,26,30)/t25-/m0/s1. The van der Waals surface area contributed by atoms with Crippen LogP contribution in [0.25, 0.3) is 0 Å². The van der Waals surface area contributed by atoms with Crippen LogP contribution in [0, 0.1) is 12.8 Å². The molecular formula is C25H33N3O5S. The summed E-state index contributed by atoms with van der Waals surface area (Å²) in [5.41, 5.74) is -0.0679. The van der Waals surface area contributed by atoms with Gasteiger partial charge in [-0.05, 0) is 50.5 Å². The Balaban J connectivity index is 2.02. The number of sulfonamides is 1. The van der Waals surface area contributed by atoms with Crippen molar-refractivity contribution in [2.75, 3.05) is 31.6 Å². The first-order valence-electron chi connectivity index (χ1n) is 11.3. The average Bonchev–Trinajstić information content (AvgIpc) is 2.78. The monoisotopic (exact) mass is 487 g/mol. The van der Waals surface area contributed by atoms with E-state index in [0.717, 1.165) is 16.3 Å². The van der Waals surface area contributed by atoms with Gasteiger partial charge in [-0.1, -0.05) is 37.6 Å². The predicted octanol–water partition coefficient (Wildman–Crippen LogP) is 2.96. The van der Waals surface area contributed by atoms with Crippen molar-refractivity contribution in [3.63, 3.8) is 0 Å². The molecule has 1 saturated heterocycles. The van der Waals surface area contributed by atoms with Crippen LogP contribution >= 0.6 is 0 Å². The molecule has 0 unspecified atom stereocenters. The van der Waals surface area contributed by atoms with Crippen molar-refractivity contribution in [2.24, 2.45) is 5.92 Å². The highest BCUT2D eigenvalue weighted by atomic mass is 32.2. The minimum absolute atomic E-state index is 0.0864. The van der Waals surface area contributed by atoms with E-state index in [1.807, 2.05) is 6.92 Å². The molecule has 184 valence electrons. The molecule has 1 aliphatic heterocycles. The van der Waals surface area contributed by atoms with E-state index in [9.17, 15) is 18.0 Å². The van der Waals surface area contributed by atoms with E-state index in [4.69, 9.17) is 4.74 Å². The quantitative estimate of drug-likeness (QED) is 0.618. The number of piperazine rings is 1. The minimum Gasteiger partial charge on any atom is -0.497 e. The topological polar surface area (TPSA) is 96.0 Å². The van der Waals surface area contributed by atoms with Gasteiger partial charge in [-0.15, -0.1) is 0 Å². The highest BCUT2D eigenvalue weighted by Gasteiger charge is 2.51. The fraction of sp³-hybridized carbons (Fsp3) is 0.440. The molecule has 0 aliphatic carbocycles. The number of hydrogen-bond acceptors (Lipinski definition) is 5. The molecule has 2 aromatic rings. The Morgan fingerprint density at radius 2 is 1.85 bits per heavy atom. The Morgan fingerprint density at radius 1 is 1.18 bits per heavy atom. The zero-order valence-electron chi connectivity index (χ0n) is 20.4. The normalized spacial score (nSPS) is 19.4. The maximum atomic E-state index is 13.5. The van der Waals surface area contributed by atoms with Gasteiger partial charge in [0.15, 0.2) is 0 Å². The lowest BCUT2D eigenvalue weighted by molar-refractivity contribution is -0.132. The van der Waals surface area contributed by atoms with Crippen LogP contribution in [0.4, 0.5) is 5.69 Å². The number of methoxy groups -OCH3 is 1. The number of nitrogens with one attached hydrogen (secondary N) is 1. The second-order valence-electron chi connectivity index (χ2n) is 9.23. The summed E-state index contributed by atoms with van der Waals surface area (Å²) in [5.74, 6) is 0.0152. The highest BCUT2D eigenvalue weighted by Crippen LogP contribution is 2.33. The number of amides is 2. The molecule has 1 heterocycles. The smallest absolute Gasteiger partial charge is 0.247 e. The number of rotatable bonds is 8. The van der Waals surface area contributed by atoms with Gasteiger partial charge in [0.05, 0.1) is 18.6 Å². The Kier molecular flexibility index (Phi) is 7.67. The van der Waals surface area contributed by atoms with Crippen LogP contribution in [0.2, 0.25) is 0 Å². The molecular weight excluding hydrogens is 454 g/mol. The molecule has 0 radical (unpaired) electrons. The van der Waals surface area contributed by atoms with E-state index in [-0.39, 0.29) is 18.0 Å². The summed E-state index contributed by atoms with van der Waals surface area (Å²) in [7, 11) is -2.47. The maximum absolute atomic E-state index is 13.5. The molecule has 0 aromatic heterocycles. The largest absolute Gasteiger partial charge is 0.497 e. The molecule has 1 aliphatic rings. The number of carbonyl (C=O) groups is 2. The van der Waals surface area contributed by atoms with Crippen LogP contribution in [0.3, 0.4) is 0 Å². The van der Waals surface area contributed by atoms with Crippen molar-refractivity contribution < 1.29 is 22.7 Å². The third-order valence-corrected chi connectivity index (χ3v) is 7.81. The van der Waals surface area contributed by atoms with Crippen molar-refractivity contribution >= 4 is 27.5 Å². The lowest BCUT2D eigenvalue weighted by Crippen LogP contribution is -2.70. The third-order valence-electron chi connectivity index (χ3n) is 6.01. The summed E-state index contributed by atoms with van der Waals surface area (Å²) in [6, 6.07) is 13.3. The van der Waals surface area contributed by atoms with Crippen LogP contribution in [0.5, 0.6) is 5.75 Å². The van der Waals surface area contributed by atoms with E-state index < -0.39 is 27.4 Å². The number of hydrogen-bond donors (Lipinski definition) is 1. The highest BCUT2D eigenvalue weighted by molar-refractivity contribution is 7.89. The second kappa shape index (κ2) is 10.1. The lowest BCUT2D eigenvalue weighted by Gasteiger charge is -2.46. The molecule has 0 bridgehead atoms. The molecule has 1 atom stereocenters. The van der Waals surface area contributed by atoms with Crippen molar-refractivity contribution in [1.29, 1.82) is 0 Å². The Labute approximate surface area is 201 Å². The minimum atomic E-state index is -3.99. The molecule has 0 spiro atoms. The van der Waals surface area contributed by atoms with Gasteiger partial charge in [-0.2, -0.15) is 4.31 Å². The number of aryl methyl sites for hydroxylation is 1. The molecule has 9 heteroatoms. The van der Waals surface area contributed by atoms with Crippen molar-refractivity contribution in [2.45, 2.75) is 44.6 Å². The zero-order chi connectivity index (χ0) is 25.1. The first kappa shape index (κ1) is 25.7. The van der Waals surface area contributed by atoms with Crippen molar-refractivity contribution in [3.8, 4) is 5.75 Å². The summed E-state index contributed by atoms with van der Waals surface area (Å²) < 4.78 is 33.2. The van der Waals surface area contributed by atoms with E-state index in [2.05, 4.69) is 19.2 Å². The van der Waals surface area contributed by atoms with E-state index in [0.29, 0.717) is 23.9 Å². The lowest BCUT2D eigenvalue weighted by atomic mass is 9.94. The SMILES string of the molecule is COc1cccc(N2C(=O)CN(S(=O)(=O)c3ccc(C)cc3)C[C@@]2(C)C(=O)NCCC(C)C)c1. The Morgan fingerprint density at radius 3 is 2.47 bits per heavy atom. The van der Waals surface area contributed by atoms with Gasteiger partial charge in [0.2, 0.25) is 21.8 Å². The maximum Gasteiger partial charge on any atom is 0.247 e. The molecule has 1 fully saturated rings. The van der Waals surface area contributed by atoms with Gasteiger partial charge in [-0.3, -0.25) is 14.5 Å². The molecule has 2 aromatic carbocycles. The average molecular weight is 488 g/mol. The van der Waals surface area contributed by atoms with Crippen molar-refractivity contribution in [1.82, 2.24) is 9.62 Å². The Hall–Kier alpha value is -2.91. The van der Waals surface area contributed by atoms with E-state index in [1.165, 1.54) is 24.1 Å². The van der Waals surface area contributed by atoms with Gasteiger partial charge >= 0.3 is 0 Å². The number of carbonyl (C=O) groups excluding carboxylic acids is 2. The molecule has 3 rings (SSSR count). The van der Waals surface area contributed by atoms with Crippen LogP contribution in [0.15, 0.2) is 53.4 Å². The van der Waals surface area contributed by atoms with Gasteiger partial charge < -0.3 is 10.1 Å². The van der Waals surface area contributed by atoms with Gasteiger partial charge in [-0.25, -0.2) is 8.42 Å². The molecule has 2 amide bonds. The molecule has 1 N–H and O–H groups in total. The van der Waals surface area contributed by atoms with E-state index in [1.54, 1.807) is 43.3 Å². The fourth-order valence-electron chi connectivity index (χ4n) is 4.01. The van der Waals surface area contributed by atoms with Crippen LogP contribution in [-0.4, -0.2) is 56.8 Å². The summed E-state index contributed by atoms with van der Waals surface area (Å²) >= 11 is 0. The van der Waals surface area contributed by atoms with Gasteiger partial charge in [0.1, 0.15) is 11.3 Å². The summed E-state index contributed by atoms with van der Waals surface area (Å²) in [6.07, 6.45) is 0.764. The van der Waals surface area contributed by atoms with E-state index >= 15 is 0 Å².